The van der Waals surface area contributed by atoms with Gasteiger partial charge in [-0.1, -0.05) is 22.0 Å². The molecule has 1 aromatic rings. The topological polar surface area (TPSA) is 55.4 Å². The third-order valence-electron chi connectivity index (χ3n) is 2.40. The van der Waals surface area contributed by atoms with Crippen LogP contribution in [0.15, 0.2) is 27.6 Å². The predicted molar refractivity (Wildman–Crippen MR) is 70.5 cm³/mol. The summed E-state index contributed by atoms with van der Waals surface area (Å²) in [5.74, 6) is 0. The van der Waals surface area contributed by atoms with E-state index in [0.29, 0.717) is 5.56 Å². The van der Waals surface area contributed by atoms with Crippen molar-refractivity contribution in [3.8, 4) is 0 Å². The lowest BCUT2D eigenvalue weighted by Crippen LogP contribution is -2.32. The quantitative estimate of drug-likeness (QED) is 0.903. The summed E-state index contributed by atoms with van der Waals surface area (Å²) in [6, 6.07) is 5.17. The van der Waals surface area contributed by atoms with Gasteiger partial charge in [-0.25, -0.2) is 13.1 Å². The predicted octanol–water partition coefficient (Wildman–Crippen LogP) is 2.07. The fraction of sp³-hybridized carbons (Fsp3) is 0.455. The van der Waals surface area contributed by atoms with E-state index in [1.807, 2.05) is 6.07 Å². The first-order valence-corrected chi connectivity index (χ1v) is 7.43. The highest BCUT2D eigenvalue weighted by Crippen LogP contribution is 2.20. The van der Waals surface area contributed by atoms with Gasteiger partial charge in [0.25, 0.3) is 0 Å². The number of hydrogen-bond acceptors (Lipinski definition) is 3. The van der Waals surface area contributed by atoms with Crippen LogP contribution in [0, 0.1) is 6.92 Å². The van der Waals surface area contributed by atoms with Gasteiger partial charge in [0.15, 0.2) is 0 Å². The van der Waals surface area contributed by atoms with Crippen molar-refractivity contribution in [2.24, 2.45) is 0 Å². The Hall–Kier alpha value is -0.430. The van der Waals surface area contributed by atoms with Crippen LogP contribution < -0.4 is 4.72 Å². The Bertz CT molecular complexity index is 487. The Morgan fingerprint density at radius 2 is 2.12 bits per heavy atom. The number of ether oxygens (including phenoxy) is 1. The molecule has 0 spiro atoms. The summed E-state index contributed by atoms with van der Waals surface area (Å²) in [5.41, 5.74) is 0.714. The van der Waals surface area contributed by atoms with E-state index in [1.165, 1.54) is 0 Å². The van der Waals surface area contributed by atoms with E-state index >= 15 is 0 Å². The molecule has 1 unspecified atom stereocenters. The largest absolute Gasteiger partial charge is 0.380 e. The average Bonchev–Trinajstić information content (AvgIpc) is 2.29. The maximum Gasteiger partial charge on any atom is 0.240 e. The van der Waals surface area contributed by atoms with Gasteiger partial charge in [-0.2, -0.15) is 0 Å². The van der Waals surface area contributed by atoms with Crippen molar-refractivity contribution in [2.75, 3.05) is 13.7 Å². The Morgan fingerprint density at radius 1 is 1.47 bits per heavy atom. The molecule has 0 amide bonds. The van der Waals surface area contributed by atoms with Crippen LogP contribution in [0.2, 0.25) is 0 Å². The van der Waals surface area contributed by atoms with E-state index < -0.39 is 10.0 Å². The molecule has 1 aromatic carbocycles. The van der Waals surface area contributed by atoms with Crippen molar-refractivity contribution in [3.05, 3.63) is 28.2 Å². The maximum atomic E-state index is 12.0. The highest BCUT2D eigenvalue weighted by molar-refractivity contribution is 9.10. The SMILES string of the molecule is COC(C)CNS(=O)(=O)c1cc(Br)ccc1C. The lowest BCUT2D eigenvalue weighted by molar-refractivity contribution is 0.122. The second kappa shape index (κ2) is 5.95. The van der Waals surface area contributed by atoms with Gasteiger partial charge in [-0.3, -0.25) is 0 Å². The minimum atomic E-state index is -3.48. The minimum Gasteiger partial charge on any atom is -0.380 e. The molecule has 0 aliphatic rings. The number of aryl methyl sites for hydroxylation is 1. The smallest absolute Gasteiger partial charge is 0.240 e. The average molecular weight is 322 g/mol. The van der Waals surface area contributed by atoms with Crippen LogP contribution in [0.1, 0.15) is 12.5 Å². The number of benzene rings is 1. The molecule has 0 saturated heterocycles. The summed E-state index contributed by atoms with van der Waals surface area (Å²) < 4.78 is 32.3. The highest BCUT2D eigenvalue weighted by Gasteiger charge is 2.17. The van der Waals surface area contributed by atoms with E-state index in [2.05, 4.69) is 20.7 Å². The maximum absolute atomic E-state index is 12.0. The second-order valence-corrected chi connectivity index (χ2v) is 6.46. The van der Waals surface area contributed by atoms with Crippen molar-refractivity contribution in [1.29, 1.82) is 0 Å². The van der Waals surface area contributed by atoms with Gasteiger partial charge in [0.2, 0.25) is 10.0 Å². The van der Waals surface area contributed by atoms with Crippen LogP contribution in [0.3, 0.4) is 0 Å². The van der Waals surface area contributed by atoms with Crippen molar-refractivity contribution < 1.29 is 13.2 Å². The van der Waals surface area contributed by atoms with E-state index in [1.54, 1.807) is 33.1 Å². The monoisotopic (exact) mass is 321 g/mol. The third-order valence-corrected chi connectivity index (χ3v) is 4.46. The molecule has 1 rings (SSSR count). The van der Waals surface area contributed by atoms with Crippen molar-refractivity contribution in [1.82, 2.24) is 4.72 Å². The Morgan fingerprint density at radius 3 is 2.71 bits per heavy atom. The first-order chi connectivity index (χ1) is 7.86. The molecule has 17 heavy (non-hydrogen) atoms. The van der Waals surface area contributed by atoms with E-state index in [-0.39, 0.29) is 17.5 Å². The first-order valence-electron chi connectivity index (χ1n) is 5.15. The molecular formula is C11H16BrNO3S. The Labute approximate surface area is 111 Å². The van der Waals surface area contributed by atoms with Crippen molar-refractivity contribution in [3.63, 3.8) is 0 Å². The summed E-state index contributed by atoms with van der Waals surface area (Å²) in [7, 11) is -1.93. The summed E-state index contributed by atoms with van der Waals surface area (Å²) in [4.78, 5) is 0.287. The number of methoxy groups -OCH3 is 1. The lowest BCUT2D eigenvalue weighted by atomic mass is 10.2. The zero-order valence-corrected chi connectivity index (χ0v) is 12.4. The molecule has 0 fully saturated rings. The summed E-state index contributed by atoms with van der Waals surface area (Å²) in [5, 5.41) is 0. The van der Waals surface area contributed by atoms with E-state index in [9.17, 15) is 8.42 Å². The standard InChI is InChI=1S/C11H16BrNO3S/c1-8-4-5-10(12)6-11(8)17(14,15)13-7-9(2)16-3/h4-6,9,13H,7H2,1-3H3. The van der Waals surface area contributed by atoms with Gasteiger partial charge in [0.1, 0.15) is 0 Å². The van der Waals surface area contributed by atoms with Crippen LogP contribution >= 0.6 is 15.9 Å². The minimum absolute atomic E-state index is 0.155. The van der Waals surface area contributed by atoms with Crippen LogP contribution in [0.25, 0.3) is 0 Å². The zero-order valence-electron chi connectivity index (χ0n) is 10.0. The Kier molecular flexibility index (Phi) is 5.12. The molecule has 0 aliphatic heterocycles. The van der Waals surface area contributed by atoms with Gasteiger partial charge in [-0.15, -0.1) is 0 Å². The molecule has 0 aliphatic carbocycles. The van der Waals surface area contributed by atoms with Crippen LogP contribution in [-0.2, 0) is 14.8 Å². The normalized spacial score (nSPS) is 13.6. The molecule has 1 atom stereocenters. The molecule has 0 heterocycles. The van der Waals surface area contributed by atoms with Gasteiger partial charge >= 0.3 is 0 Å². The van der Waals surface area contributed by atoms with E-state index in [0.717, 1.165) is 4.47 Å². The van der Waals surface area contributed by atoms with E-state index in [4.69, 9.17) is 4.74 Å². The van der Waals surface area contributed by atoms with Crippen molar-refractivity contribution >= 4 is 26.0 Å². The Balaban J connectivity index is 2.93. The molecule has 4 nitrogen and oxygen atoms in total. The molecule has 96 valence electrons. The van der Waals surface area contributed by atoms with Crippen LogP contribution in [0.5, 0.6) is 0 Å². The number of hydrogen-bond donors (Lipinski definition) is 1. The summed E-state index contributed by atoms with van der Waals surface area (Å²) >= 11 is 3.27. The van der Waals surface area contributed by atoms with Gasteiger partial charge in [-0.05, 0) is 31.5 Å². The molecule has 0 radical (unpaired) electrons. The number of rotatable bonds is 5. The number of nitrogens with one attached hydrogen (secondary N) is 1. The molecular weight excluding hydrogens is 306 g/mol. The fourth-order valence-electron chi connectivity index (χ4n) is 1.25. The van der Waals surface area contributed by atoms with Crippen molar-refractivity contribution in [2.45, 2.75) is 24.8 Å². The van der Waals surface area contributed by atoms with Crippen LogP contribution in [0.4, 0.5) is 0 Å². The number of sulfonamides is 1. The van der Waals surface area contributed by atoms with Gasteiger partial charge in [0, 0.05) is 18.1 Å². The molecule has 6 heteroatoms. The molecule has 0 aromatic heterocycles. The van der Waals surface area contributed by atoms with Gasteiger partial charge in [0.05, 0.1) is 11.0 Å². The summed E-state index contributed by atoms with van der Waals surface area (Å²) in [6.45, 7) is 3.82. The fourth-order valence-corrected chi connectivity index (χ4v) is 3.15. The zero-order chi connectivity index (χ0) is 13.1. The highest BCUT2D eigenvalue weighted by atomic mass is 79.9. The number of halogens is 1. The van der Waals surface area contributed by atoms with Gasteiger partial charge < -0.3 is 4.74 Å². The first kappa shape index (κ1) is 14.6. The summed E-state index contributed by atoms with van der Waals surface area (Å²) in [6.07, 6.45) is -0.155. The molecule has 1 N–H and O–H groups in total. The second-order valence-electron chi connectivity index (χ2n) is 3.81. The van der Waals surface area contributed by atoms with Crippen LogP contribution in [-0.4, -0.2) is 28.2 Å². The lowest BCUT2D eigenvalue weighted by Gasteiger charge is -2.13. The molecule has 0 saturated carbocycles. The third kappa shape index (κ3) is 4.06. The molecule has 0 bridgehead atoms.